The molecule has 0 spiro atoms. The van der Waals surface area contributed by atoms with Gasteiger partial charge in [0.1, 0.15) is 24.1 Å². The predicted molar refractivity (Wildman–Crippen MR) is 188 cm³/mol. The van der Waals surface area contributed by atoms with E-state index in [-0.39, 0.29) is 36.8 Å². The first-order chi connectivity index (χ1) is 24.7. The number of nitrogens with one attached hydrogen (secondary N) is 1. The highest BCUT2D eigenvalue weighted by atomic mass is 35.5. The maximum absolute atomic E-state index is 15.9. The molecule has 0 bridgehead atoms. The Bertz CT molecular complexity index is 2070. The number of halogens is 2. The zero-order chi connectivity index (χ0) is 37.2. The number of nitrogens with zero attached hydrogens (tertiary/aromatic N) is 6. The quantitative estimate of drug-likeness (QED) is 0.261. The third-order valence-electron chi connectivity index (χ3n) is 8.43. The molecule has 274 valence electrons. The van der Waals surface area contributed by atoms with Crippen LogP contribution in [0.15, 0.2) is 71.6 Å². The number of hydrogen-bond donors (Lipinski definition) is 1. The van der Waals surface area contributed by atoms with Crippen molar-refractivity contribution in [3.05, 3.63) is 88.7 Å². The fourth-order valence-electron chi connectivity index (χ4n) is 5.96. The van der Waals surface area contributed by atoms with E-state index in [9.17, 15) is 22.8 Å². The maximum atomic E-state index is 15.9. The fraction of sp³-hybridized carbons (Fsp3) is 0.371. The van der Waals surface area contributed by atoms with Gasteiger partial charge in [-0.15, -0.1) is 10.2 Å². The largest absolute Gasteiger partial charge is 0.445 e. The lowest BCUT2D eigenvalue weighted by Gasteiger charge is -2.31. The number of carbonyl (C=O) groups is 3. The minimum absolute atomic E-state index is 0.120. The molecule has 2 atom stereocenters. The number of ether oxygens (including phenoxy) is 2. The number of amides is 3. The standard InChI is InChI=1S/C35H37ClFN7O7S/c1-35(2,3)51-33(46)38-28-21-52(48,49)30-17-27(37)26(16-29(30)43(32(28)45)18-22-11-13-24(36)14-12-22)31-39-41-44(40-31)25-10-7-15-42(19-25)34(47)50-20-23-8-5-4-6-9-23/h4-6,8-9,11-14,16-17,25,28H,7,10,15,18-21H2,1-3H3,(H,38,46)/t25?,28-/m0/s1. The average molecular weight is 754 g/mol. The summed E-state index contributed by atoms with van der Waals surface area (Å²) in [6.45, 7) is 5.55. The number of fused-ring (bicyclic) bond motifs is 1. The van der Waals surface area contributed by atoms with Crippen molar-refractivity contribution in [1.82, 2.24) is 30.4 Å². The van der Waals surface area contributed by atoms with Gasteiger partial charge in [0.15, 0.2) is 9.84 Å². The molecule has 3 amide bonds. The number of aromatic nitrogens is 4. The Morgan fingerprint density at radius 2 is 1.79 bits per heavy atom. The number of rotatable bonds is 7. The molecule has 1 fully saturated rings. The minimum atomic E-state index is -4.36. The number of alkyl carbamates (subject to hydrolysis) is 1. The van der Waals surface area contributed by atoms with Gasteiger partial charge >= 0.3 is 12.2 Å². The van der Waals surface area contributed by atoms with Crippen molar-refractivity contribution < 1.29 is 36.7 Å². The number of piperidine rings is 1. The van der Waals surface area contributed by atoms with Gasteiger partial charge in [-0.1, -0.05) is 54.1 Å². The van der Waals surface area contributed by atoms with Crippen LogP contribution in [0.25, 0.3) is 11.4 Å². The van der Waals surface area contributed by atoms with Gasteiger partial charge in [-0.05, 0) is 74.2 Å². The van der Waals surface area contributed by atoms with Gasteiger partial charge in [0, 0.05) is 18.1 Å². The summed E-state index contributed by atoms with van der Waals surface area (Å²) in [6.07, 6.45) is -0.236. The lowest BCUT2D eigenvalue weighted by Crippen LogP contribution is -2.51. The Balaban J connectivity index is 1.29. The molecule has 3 heterocycles. The second-order valence-electron chi connectivity index (χ2n) is 13.5. The van der Waals surface area contributed by atoms with Crippen LogP contribution in [0.4, 0.5) is 19.7 Å². The topological polar surface area (TPSA) is 166 Å². The van der Waals surface area contributed by atoms with Crippen LogP contribution in [0.5, 0.6) is 0 Å². The SMILES string of the molecule is CC(C)(C)OC(=O)N[C@H]1CS(=O)(=O)c2cc(F)c(-c3nnn(C4CCCN(C(=O)OCc5ccccc5)C4)n3)cc2N(Cc2ccc(Cl)cc2)C1=O. The molecule has 1 unspecified atom stereocenters. The van der Waals surface area contributed by atoms with Crippen LogP contribution in [0.1, 0.15) is 50.8 Å². The van der Waals surface area contributed by atoms with Crippen LogP contribution in [0.2, 0.25) is 5.02 Å². The van der Waals surface area contributed by atoms with Gasteiger partial charge in [-0.3, -0.25) is 4.79 Å². The normalized spacial score (nSPS) is 18.7. The molecule has 14 nitrogen and oxygen atoms in total. The fourth-order valence-corrected chi connectivity index (χ4v) is 7.70. The molecule has 6 rings (SSSR count). The number of carbonyl (C=O) groups excluding carboxylic acids is 3. The first kappa shape index (κ1) is 36.7. The van der Waals surface area contributed by atoms with Gasteiger partial charge in [-0.25, -0.2) is 22.4 Å². The summed E-state index contributed by atoms with van der Waals surface area (Å²) in [5.41, 5.74) is 0.171. The number of hydrogen-bond acceptors (Lipinski definition) is 10. The van der Waals surface area contributed by atoms with Crippen molar-refractivity contribution in [3.63, 3.8) is 0 Å². The lowest BCUT2D eigenvalue weighted by molar-refractivity contribution is -0.120. The Morgan fingerprint density at radius 1 is 1.06 bits per heavy atom. The summed E-state index contributed by atoms with van der Waals surface area (Å²) in [5.74, 6) is -2.73. The van der Waals surface area contributed by atoms with E-state index in [4.69, 9.17) is 21.1 Å². The summed E-state index contributed by atoms with van der Waals surface area (Å²) in [4.78, 5) is 43.2. The van der Waals surface area contributed by atoms with Gasteiger partial charge in [-0.2, -0.15) is 4.80 Å². The number of benzene rings is 3. The maximum Gasteiger partial charge on any atom is 0.410 e. The van der Waals surface area contributed by atoms with E-state index in [1.54, 1.807) is 49.9 Å². The molecular weight excluding hydrogens is 717 g/mol. The molecule has 1 aromatic heterocycles. The molecule has 4 aromatic rings. The molecule has 17 heteroatoms. The highest BCUT2D eigenvalue weighted by Gasteiger charge is 2.40. The zero-order valence-corrected chi connectivity index (χ0v) is 30.2. The first-order valence-electron chi connectivity index (χ1n) is 16.5. The average Bonchev–Trinajstić information content (AvgIpc) is 3.57. The van der Waals surface area contributed by atoms with Crippen LogP contribution in [-0.2, 0) is 37.3 Å². The molecular formula is C35H37ClFN7O7S. The van der Waals surface area contributed by atoms with Gasteiger partial charge in [0.2, 0.25) is 5.82 Å². The third kappa shape index (κ3) is 8.50. The van der Waals surface area contributed by atoms with Crippen LogP contribution in [0.3, 0.4) is 0 Å². The van der Waals surface area contributed by atoms with Crippen molar-refractivity contribution >= 4 is 45.2 Å². The van der Waals surface area contributed by atoms with Crippen LogP contribution in [-0.4, -0.2) is 82.1 Å². The van der Waals surface area contributed by atoms with E-state index in [0.29, 0.717) is 30.0 Å². The van der Waals surface area contributed by atoms with E-state index in [2.05, 4.69) is 20.7 Å². The van der Waals surface area contributed by atoms with Gasteiger partial charge in [0.25, 0.3) is 5.91 Å². The van der Waals surface area contributed by atoms with Crippen LogP contribution < -0.4 is 10.2 Å². The van der Waals surface area contributed by atoms with Gasteiger partial charge in [0.05, 0.1) is 34.5 Å². The first-order valence-corrected chi connectivity index (χ1v) is 18.6. The molecule has 3 aromatic carbocycles. The second kappa shape index (κ2) is 14.9. The predicted octanol–water partition coefficient (Wildman–Crippen LogP) is 5.32. The summed E-state index contributed by atoms with van der Waals surface area (Å²) in [7, 11) is -4.36. The van der Waals surface area contributed by atoms with Gasteiger partial charge < -0.3 is 24.6 Å². The second-order valence-corrected chi connectivity index (χ2v) is 16.0. The van der Waals surface area contributed by atoms with E-state index in [0.717, 1.165) is 11.6 Å². The Kier molecular flexibility index (Phi) is 10.5. The Morgan fingerprint density at radius 3 is 2.50 bits per heavy atom. The zero-order valence-electron chi connectivity index (χ0n) is 28.7. The van der Waals surface area contributed by atoms with Crippen molar-refractivity contribution in [3.8, 4) is 11.4 Å². The summed E-state index contributed by atoms with van der Waals surface area (Å²) < 4.78 is 54.2. The van der Waals surface area contributed by atoms with Crippen molar-refractivity contribution in [2.45, 2.75) is 69.3 Å². The number of sulfone groups is 1. The highest BCUT2D eigenvalue weighted by molar-refractivity contribution is 7.91. The number of likely N-dealkylation sites (tertiary alicyclic amines) is 1. The highest BCUT2D eigenvalue weighted by Crippen LogP contribution is 2.37. The molecule has 2 aliphatic rings. The van der Waals surface area contributed by atoms with Crippen molar-refractivity contribution in [2.24, 2.45) is 0 Å². The molecule has 0 radical (unpaired) electrons. The smallest absolute Gasteiger partial charge is 0.410 e. The van der Waals surface area contributed by atoms with Crippen molar-refractivity contribution in [1.29, 1.82) is 0 Å². The monoisotopic (exact) mass is 753 g/mol. The Hall–Kier alpha value is -5.09. The molecule has 1 N–H and O–H groups in total. The molecule has 2 aliphatic heterocycles. The van der Waals surface area contributed by atoms with E-state index in [1.807, 2.05) is 30.3 Å². The molecule has 0 saturated carbocycles. The molecule has 52 heavy (non-hydrogen) atoms. The summed E-state index contributed by atoms with van der Waals surface area (Å²) in [6, 6.07) is 15.9. The third-order valence-corrected chi connectivity index (χ3v) is 10.4. The molecule has 1 saturated heterocycles. The lowest BCUT2D eigenvalue weighted by atomic mass is 10.1. The Labute approximate surface area is 304 Å². The summed E-state index contributed by atoms with van der Waals surface area (Å²) >= 11 is 6.08. The van der Waals surface area contributed by atoms with E-state index >= 15 is 4.39 Å². The van der Waals surface area contributed by atoms with E-state index < -0.39 is 62.1 Å². The summed E-state index contributed by atoms with van der Waals surface area (Å²) in [5, 5.41) is 15.5. The van der Waals surface area contributed by atoms with E-state index in [1.165, 1.54) is 15.8 Å². The molecule has 0 aliphatic carbocycles. The van der Waals surface area contributed by atoms with Crippen molar-refractivity contribution in [2.75, 3.05) is 23.7 Å². The van der Waals surface area contributed by atoms with Crippen LogP contribution >= 0.6 is 11.6 Å². The minimum Gasteiger partial charge on any atom is -0.445 e. The number of anilines is 1. The van der Waals surface area contributed by atoms with Crippen LogP contribution in [0, 0.1) is 5.82 Å². The number of tetrazole rings is 1.